The van der Waals surface area contributed by atoms with Crippen molar-refractivity contribution in [2.24, 2.45) is 11.8 Å². The van der Waals surface area contributed by atoms with Crippen LogP contribution in [-0.4, -0.2) is 0 Å². The van der Waals surface area contributed by atoms with Gasteiger partial charge in [-0.15, -0.1) is 0 Å². The van der Waals surface area contributed by atoms with Crippen molar-refractivity contribution in [2.45, 2.75) is 48.0 Å². The Hall–Kier alpha value is -0.520. The first-order valence-electron chi connectivity index (χ1n) is 5.34. The zero-order valence-corrected chi connectivity index (χ0v) is 9.86. The van der Waals surface area contributed by atoms with Gasteiger partial charge in [0.15, 0.2) is 0 Å². The van der Waals surface area contributed by atoms with E-state index in [4.69, 9.17) is 0 Å². The van der Waals surface area contributed by atoms with Gasteiger partial charge in [0.2, 0.25) is 0 Å². The lowest BCUT2D eigenvalue weighted by Gasteiger charge is -2.17. The molecule has 1 aliphatic rings. The van der Waals surface area contributed by atoms with Crippen molar-refractivity contribution in [3.05, 3.63) is 22.3 Å². The van der Waals surface area contributed by atoms with E-state index < -0.39 is 0 Å². The Kier molecular flexibility index (Phi) is 3.00. The van der Waals surface area contributed by atoms with Crippen LogP contribution in [-0.2, 0) is 0 Å². The zero-order valence-electron chi connectivity index (χ0n) is 9.86. The van der Waals surface area contributed by atoms with Crippen molar-refractivity contribution < 1.29 is 0 Å². The minimum atomic E-state index is 0.690. The average Bonchev–Trinajstić information content (AvgIpc) is 2.24. The first kappa shape index (κ1) is 10.6. The van der Waals surface area contributed by atoms with Crippen LogP contribution < -0.4 is 0 Å². The zero-order chi connectivity index (χ0) is 10.2. The van der Waals surface area contributed by atoms with Gasteiger partial charge in [0.05, 0.1) is 0 Å². The standard InChI is InChI=1S/C13H22/c1-8(2)12-10(5)7-11(6)13(12)9(3)4/h8-9H,7H2,1-6H3. The minimum Gasteiger partial charge on any atom is -0.0655 e. The van der Waals surface area contributed by atoms with Gasteiger partial charge in [0.25, 0.3) is 0 Å². The molecule has 0 saturated heterocycles. The highest BCUT2D eigenvalue weighted by molar-refractivity contribution is 5.47. The maximum absolute atomic E-state index is 2.31. The van der Waals surface area contributed by atoms with Crippen LogP contribution in [0.1, 0.15) is 48.0 Å². The molecule has 0 nitrogen and oxygen atoms in total. The highest BCUT2D eigenvalue weighted by Gasteiger charge is 2.23. The molecule has 0 heterocycles. The van der Waals surface area contributed by atoms with Crippen molar-refractivity contribution in [1.82, 2.24) is 0 Å². The maximum atomic E-state index is 2.31. The molecule has 1 aliphatic carbocycles. The number of rotatable bonds is 2. The van der Waals surface area contributed by atoms with E-state index in [0.29, 0.717) is 11.8 Å². The Balaban J connectivity index is 3.09. The van der Waals surface area contributed by atoms with Crippen LogP contribution in [0, 0.1) is 11.8 Å². The third-order valence-corrected chi connectivity index (χ3v) is 2.89. The predicted octanol–water partition coefficient (Wildman–Crippen LogP) is 4.34. The summed E-state index contributed by atoms with van der Waals surface area (Å²) in [4.78, 5) is 0. The second-order valence-corrected chi connectivity index (χ2v) is 4.87. The fourth-order valence-electron chi connectivity index (χ4n) is 2.66. The van der Waals surface area contributed by atoms with Gasteiger partial charge in [-0.05, 0) is 43.3 Å². The molecule has 1 rings (SSSR count). The molecule has 13 heavy (non-hydrogen) atoms. The Bertz CT molecular complexity index is 234. The van der Waals surface area contributed by atoms with Crippen molar-refractivity contribution in [3.63, 3.8) is 0 Å². The smallest absolute Gasteiger partial charge is 0.0102 e. The van der Waals surface area contributed by atoms with Crippen LogP contribution in [0.2, 0.25) is 0 Å². The Morgan fingerprint density at radius 1 is 0.769 bits per heavy atom. The number of hydrogen-bond acceptors (Lipinski definition) is 0. The average molecular weight is 178 g/mol. The van der Waals surface area contributed by atoms with Gasteiger partial charge >= 0.3 is 0 Å². The lowest BCUT2D eigenvalue weighted by atomic mass is 9.88. The van der Waals surface area contributed by atoms with Gasteiger partial charge in [0.1, 0.15) is 0 Å². The normalized spacial score (nSPS) is 18.5. The van der Waals surface area contributed by atoms with Crippen LogP contribution >= 0.6 is 0 Å². The second kappa shape index (κ2) is 3.69. The molecule has 0 atom stereocenters. The molecule has 0 radical (unpaired) electrons. The van der Waals surface area contributed by atoms with Crippen molar-refractivity contribution in [1.29, 1.82) is 0 Å². The summed E-state index contributed by atoms with van der Waals surface area (Å²) >= 11 is 0. The van der Waals surface area contributed by atoms with Crippen molar-refractivity contribution in [2.75, 3.05) is 0 Å². The summed E-state index contributed by atoms with van der Waals surface area (Å²) < 4.78 is 0. The summed E-state index contributed by atoms with van der Waals surface area (Å²) in [6.07, 6.45) is 1.21. The van der Waals surface area contributed by atoms with E-state index in [9.17, 15) is 0 Å². The van der Waals surface area contributed by atoms with Gasteiger partial charge in [-0.25, -0.2) is 0 Å². The van der Waals surface area contributed by atoms with Gasteiger partial charge in [-0.1, -0.05) is 38.8 Å². The molecule has 0 aromatic heterocycles. The monoisotopic (exact) mass is 178 g/mol. The largest absolute Gasteiger partial charge is 0.0655 e. The quantitative estimate of drug-likeness (QED) is 0.590. The fourth-order valence-corrected chi connectivity index (χ4v) is 2.66. The molecule has 0 unspecified atom stereocenters. The summed E-state index contributed by atoms with van der Waals surface area (Å²) in [6, 6.07) is 0. The minimum absolute atomic E-state index is 0.690. The first-order chi connectivity index (χ1) is 5.95. The topological polar surface area (TPSA) is 0 Å². The Morgan fingerprint density at radius 3 is 1.31 bits per heavy atom. The van der Waals surface area contributed by atoms with E-state index in [0.717, 1.165) is 0 Å². The molecular weight excluding hydrogens is 156 g/mol. The fraction of sp³-hybridized carbons (Fsp3) is 0.692. The van der Waals surface area contributed by atoms with Gasteiger partial charge in [-0.3, -0.25) is 0 Å². The molecule has 0 N–H and O–H groups in total. The molecule has 0 spiro atoms. The first-order valence-corrected chi connectivity index (χ1v) is 5.34. The lowest BCUT2D eigenvalue weighted by Crippen LogP contribution is -2.03. The van der Waals surface area contributed by atoms with E-state index in [1.165, 1.54) is 6.42 Å². The van der Waals surface area contributed by atoms with Gasteiger partial charge in [0, 0.05) is 0 Å². The van der Waals surface area contributed by atoms with E-state index in [-0.39, 0.29) is 0 Å². The van der Waals surface area contributed by atoms with Crippen LogP contribution in [0.25, 0.3) is 0 Å². The molecule has 0 saturated carbocycles. The molecule has 0 aromatic carbocycles. The molecule has 74 valence electrons. The Labute approximate surface area is 82.7 Å². The van der Waals surface area contributed by atoms with Crippen LogP contribution in [0.15, 0.2) is 22.3 Å². The summed E-state index contributed by atoms with van der Waals surface area (Å²) in [7, 11) is 0. The molecule has 0 aliphatic heterocycles. The molecular formula is C13H22. The van der Waals surface area contributed by atoms with E-state index in [1.54, 1.807) is 22.3 Å². The van der Waals surface area contributed by atoms with Gasteiger partial charge < -0.3 is 0 Å². The van der Waals surface area contributed by atoms with Gasteiger partial charge in [-0.2, -0.15) is 0 Å². The summed E-state index contributed by atoms with van der Waals surface area (Å²) in [5.41, 5.74) is 6.45. The highest BCUT2D eigenvalue weighted by Crippen LogP contribution is 2.39. The third kappa shape index (κ3) is 1.87. The maximum Gasteiger partial charge on any atom is -0.0102 e. The predicted molar refractivity (Wildman–Crippen MR) is 59.7 cm³/mol. The van der Waals surface area contributed by atoms with E-state index in [2.05, 4.69) is 41.5 Å². The number of allylic oxidation sites excluding steroid dienone is 4. The highest BCUT2D eigenvalue weighted by atomic mass is 14.3. The molecule has 0 fully saturated rings. The number of hydrogen-bond donors (Lipinski definition) is 0. The van der Waals surface area contributed by atoms with E-state index >= 15 is 0 Å². The SMILES string of the molecule is CC1=C(C(C)C)C(C(C)C)=C(C)C1. The molecule has 0 bridgehead atoms. The van der Waals surface area contributed by atoms with Crippen LogP contribution in [0.5, 0.6) is 0 Å². The summed E-state index contributed by atoms with van der Waals surface area (Å²) in [6.45, 7) is 13.8. The van der Waals surface area contributed by atoms with Crippen molar-refractivity contribution >= 4 is 0 Å². The summed E-state index contributed by atoms with van der Waals surface area (Å²) in [5, 5.41) is 0. The Morgan fingerprint density at radius 2 is 1.08 bits per heavy atom. The molecule has 0 amide bonds. The lowest BCUT2D eigenvalue weighted by molar-refractivity contribution is 0.699. The summed E-state index contributed by atoms with van der Waals surface area (Å²) in [5.74, 6) is 1.38. The molecule has 0 aromatic rings. The van der Waals surface area contributed by atoms with E-state index in [1.807, 2.05) is 0 Å². The van der Waals surface area contributed by atoms with Crippen LogP contribution in [0.4, 0.5) is 0 Å². The molecule has 0 heteroatoms. The second-order valence-electron chi connectivity index (χ2n) is 4.87. The van der Waals surface area contributed by atoms with Crippen LogP contribution in [0.3, 0.4) is 0 Å². The van der Waals surface area contributed by atoms with Crippen molar-refractivity contribution in [3.8, 4) is 0 Å². The third-order valence-electron chi connectivity index (χ3n) is 2.89.